The van der Waals surface area contributed by atoms with E-state index in [1.54, 1.807) is 0 Å². The third kappa shape index (κ3) is 6.21. The fourth-order valence-corrected chi connectivity index (χ4v) is 3.62. The molecule has 0 bridgehead atoms. The molecule has 1 saturated heterocycles. The number of halogens is 3. The molecule has 33 heavy (non-hydrogen) atoms. The van der Waals surface area contributed by atoms with Gasteiger partial charge in [0.15, 0.2) is 6.61 Å². The van der Waals surface area contributed by atoms with E-state index in [9.17, 15) is 32.9 Å². The number of alkyl halides is 3. The van der Waals surface area contributed by atoms with Gasteiger partial charge in [-0.1, -0.05) is 25.0 Å². The minimum atomic E-state index is -4.67. The number of carbonyl (C=O) groups is 2. The number of nitrogens with zero attached hydrogens (tertiary/aromatic N) is 2. The fourth-order valence-electron chi connectivity index (χ4n) is 3.62. The third-order valence-electron chi connectivity index (χ3n) is 5.20. The van der Waals surface area contributed by atoms with E-state index in [1.165, 1.54) is 24.3 Å². The molecular formula is C22H22F3N3O5. The second-order valence-corrected chi connectivity index (χ2v) is 7.53. The number of amides is 1. The average Bonchev–Trinajstić information content (AvgIpc) is 3.06. The van der Waals surface area contributed by atoms with Crippen molar-refractivity contribution in [3.63, 3.8) is 0 Å². The summed E-state index contributed by atoms with van der Waals surface area (Å²) in [5.74, 6) is -1.98. The lowest BCUT2D eigenvalue weighted by Crippen LogP contribution is -2.25. The van der Waals surface area contributed by atoms with Gasteiger partial charge in [0.2, 0.25) is 0 Å². The summed E-state index contributed by atoms with van der Waals surface area (Å²) in [5.41, 5.74) is -1.49. The number of hydrogen-bond donors (Lipinski definition) is 1. The van der Waals surface area contributed by atoms with Crippen LogP contribution in [0.3, 0.4) is 0 Å². The number of carbonyl (C=O) groups excluding carboxylic acids is 2. The number of nitrogens with one attached hydrogen (secondary N) is 1. The first-order valence-corrected chi connectivity index (χ1v) is 10.3. The van der Waals surface area contributed by atoms with Crippen molar-refractivity contribution in [2.24, 2.45) is 0 Å². The van der Waals surface area contributed by atoms with Crippen molar-refractivity contribution in [2.75, 3.05) is 29.9 Å². The number of nitro benzene ring substituents is 1. The van der Waals surface area contributed by atoms with Crippen LogP contribution in [0.4, 0.5) is 30.2 Å². The van der Waals surface area contributed by atoms with Crippen LogP contribution in [0, 0.1) is 10.1 Å². The number of hydrogen-bond acceptors (Lipinski definition) is 6. The first kappa shape index (κ1) is 24.0. The lowest BCUT2D eigenvalue weighted by atomic mass is 10.1. The molecule has 2 aromatic rings. The zero-order valence-corrected chi connectivity index (χ0v) is 17.6. The summed E-state index contributed by atoms with van der Waals surface area (Å²) in [6.45, 7) is 0.487. The molecule has 1 aliphatic heterocycles. The molecule has 0 spiro atoms. The predicted octanol–water partition coefficient (Wildman–Crippen LogP) is 4.79. The van der Waals surface area contributed by atoms with Crippen LogP contribution < -0.4 is 10.2 Å². The van der Waals surface area contributed by atoms with Gasteiger partial charge < -0.3 is 15.0 Å². The quantitative estimate of drug-likeness (QED) is 0.374. The second kappa shape index (κ2) is 10.3. The zero-order valence-electron chi connectivity index (χ0n) is 17.6. The van der Waals surface area contributed by atoms with Crippen LogP contribution in [0.1, 0.15) is 41.6 Å². The van der Waals surface area contributed by atoms with Crippen LogP contribution in [0.15, 0.2) is 42.5 Å². The zero-order chi connectivity index (χ0) is 24.0. The molecule has 0 unspecified atom stereocenters. The highest BCUT2D eigenvalue weighted by atomic mass is 19.4. The number of esters is 1. The summed E-state index contributed by atoms with van der Waals surface area (Å²) in [6.07, 6.45) is -0.760. The van der Waals surface area contributed by atoms with Crippen LogP contribution in [0.25, 0.3) is 0 Å². The summed E-state index contributed by atoms with van der Waals surface area (Å²) < 4.78 is 44.0. The van der Waals surface area contributed by atoms with Crippen LogP contribution in [-0.4, -0.2) is 36.5 Å². The van der Waals surface area contributed by atoms with Gasteiger partial charge in [0.1, 0.15) is 5.69 Å². The Balaban J connectivity index is 1.67. The molecule has 0 radical (unpaired) electrons. The maximum atomic E-state index is 13.0. The van der Waals surface area contributed by atoms with E-state index in [4.69, 9.17) is 4.74 Å². The first-order chi connectivity index (χ1) is 15.7. The Kier molecular flexibility index (Phi) is 7.52. The van der Waals surface area contributed by atoms with Crippen molar-refractivity contribution in [1.82, 2.24) is 0 Å². The maximum Gasteiger partial charge on any atom is 0.418 e. The second-order valence-electron chi connectivity index (χ2n) is 7.53. The van der Waals surface area contributed by atoms with E-state index in [-0.39, 0.29) is 11.3 Å². The lowest BCUT2D eigenvalue weighted by Gasteiger charge is -2.22. The molecule has 1 amide bonds. The van der Waals surface area contributed by atoms with Crippen molar-refractivity contribution >= 4 is 28.9 Å². The van der Waals surface area contributed by atoms with Crippen molar-refractivity contribution in [3.05, 3.63) is 63.7 Å². The highest BCUT2D eigenvalue weighted by Gasteiger charge is 2.33. The van der Waals surface area contributed by atoms with E-state index in [2.05, 4.69) is 5.32 Å². The van der Waals surface area contributed by atoms with E-state index < -0.39 is 40.8 Å². The van der Waals surface area contributed by atoms with Crippen molar-refractivity contribution in [1.29, 1.82) is 0 Å². The molecule has 176 valence electrons. The van der Waals surface area contributed by atoms with Gasteiger partial charge in [-0.05, 0) is 37.1 Å². The van der Waals surface area contributed by atoms with Gasteiger partial charge in [0, 0.05) is 19.2 Å². The molecule has 0 saturated carbocycles. The van der Waals surface area contributed by atoms with Gasteiger partial charge in [-0.15, -0.1) is 0 Å². The Morgan fingerprint density at radius 2 is 1.73 bits per heavy atom. The number of anilines is 2. The van der Waals surface area contributed by atoms with E-state index in [0.717, 1.165) is 43.9 Å². The predicted molar refractivity (Wildman–Crippen MR) is 114 cm³/mol. The molecule has 1 aliphatic rings. The Bertz CT molecular complexity index is 1030. The molecule has 0 aromatic heterocycles. The fraction of sp³-hybridized carbons (Fsp3) is 0.364. The molecule has 8 nitrogen and oxygen atoms in total. The summed E-state index contributed by atoms with van der Waals surface area (Å²) in [7, 11) is 0. The molecule has 11 heteroatoms. The minimum absolute atomic E-state index is 0.135. The van der Waals surface area contributed by atoms with Gasteiger partial charge in [0.05, 0.1) is 21.7 Å². The molecule has 3 rings (SSSR count). The van der Waals surface area contributed by atoms with Crippen molar-refractivity contribution < 1.29 is 32.4 Å². The van der Waals surface area contributed by atoms with Crippen LogP contribution in [-0.2, 0) is 15.7 Å². The van der Waals surface area contributed by atoms with Crippen molar-refractivity contribution in [3.8, 4) is 0 Å². The van der Waals surface area contributed by atoms with E-state index >= 15 is 0 Å². The van der Waals surface area contributed by atoms with Gasteiger partial charge in [-0.3, -0.25) is 14.9 Å². The topological polar surface area (TPSA) is 102 Å². The summed E-state index contributed by atoms with van der Waals surface area (Å²) in [5, 5.41) is 13.6. The van der Waals surface area contributed by atoms with Crippen molar-refractivity contribution in [2.45, 2.75) is 31.9 Å². The number of para-hydroxylation sites is 1. The normalized spacial score (nSPS) is 14.3. The van der Waals surface area contributed by atoms with Gasteiger partial charge in [-0.2, -0.15) is 13.2 Å². The lowest BCUT2D eigenvalue weighted by molar-refractivity contribution is -0.384. The summed E-state index contributed by atoms with van der Waals surface area (Å²) in [6, 6.07) is 8.31. The molecule has 0 aliphatic carbocycles. The maximum absolute atomic E-state index is 13.0. The highest BCUT2D eigenvalue weighted by molar-refractivity contribution is 5.96. The number of nitro groups is 1. The average molecular weight is 465 g/mol. The van der Waals surface area contributed by atoms with Crippen LogP contribution in [0.5, 0.6) is 0 Å². The molecule has 0 atom stereocenters. The number of benzene rings is 2. The molecular weight excluding hydrogens is 443 g/mol. The van der Waals surface area contributed by atoms with E-state index in [0.29, 0.717) is 18.8 Å². The van der Waals surface area contributed by atoms with Crippen LogP contribution in [0.2, 0.25) is 0 Å². The monoisotopic (exact) mass is 465 g/mol. The molecule has 1 heterocycles. The van der Waals surface area contributed by atoms with Gasteiger partial charge in [-0.25, -0.2) is 4.79 Å². The molecule has 1 fully saturated rings. The smallest absolute Gasteiger partial charge is 0.418 e. The Hall–Kier alpha value is -3.63. The Labute approximate surface area is 187 Å². The summed E-state index contributed by atoms with van der Waals surface area (Å²) in [4.78, 5) is 37.3. The molecule has 1 N–H and O–H groups in total. The van der Waals surface area contributed by atoms with Crippen LogP contribution >= 0.6 is 0 Å². The van der Waals surface area contributed by atoms with Gasteiger partial charge in [0.25, 0.3) is 11.6 Å². The SMILES string of the molecule is O=C(COC(=O)c1ccc(N2CCCCCC2)c([N+](=O)[O-])c1)Nc1ccccc1C(F)(F)F. The Morgan fingerprint density at radius 3 is 2.36 bits per heavy atom. The number of ether oxygens (including phenoxy) is 1. The van der Waals surface area contributed by atoms with E-state index in [1.807, 2.05) is 4.90 Å². The standard InChI is InChI=1S/C22H22F3N3O5/c23-22(24,25)16-7-3-4-8-17(16)26-20(29)14-33-21(30)15-9-10-18(19(13-15)28(31)32)27-11-5-1-2-6-12-27/h3-4,7-10,13H,1-2,5-6,11-12,14H2,(H,26,29). The highest BCUT2D eigenvalue weighted by Crippen LogP contribution is 2.34. The third-order valence-corrected chi connectivity index (χ3v) is 5.20. The summed E-state index contributed by atoms with van der Waals surface area (Å²) >= 11 is 0. The first-order valence-electron chi connectivity index (χ1n) is 10.3. The minimum Gasteiger partial charge on any atom is -0.452 e. The molecule has 2 aromatic carbocycles. The number of rotatable bonds is 6. The van der Waals surface area contributed by atoms with Gasteiger partial charge >= 0.3 is 12.1 Å². The largest absolute Gasteiger partial charge is 0.452 e. The Morgan fingerprint density at radius 1 is 1.06 bits per heavy atom.